The summed E-state index contributed by atoms with van der Waals surface area (Å²) >= 11 is 0. The van der Waals surface area contributed by atoms with Crippen LogP contribution >= 0.6 is 0 Å². The van der Waals surface area contributed by atoms with E-state index in [9.17, 15) is 4.79 Å². The van der Waals surface area contributed by atoms with Gasteiger partial charge in [-0.05, 0) is 18.4 Å². The number of carbonyl (C=O) groups excluding carboxylic acids is 1. The number of amides is 1. The fourth-order valence-electron chi connectivity index (χ4n) is 2.22. The van der Waals surface area contributed by atoms with Gasteiger partial charge in [0.1, 0.15) is 0 Å². The summed E-state index contributed by atoms with van der Waals surface area (Å²) in [4.78, 5) is 14.1. The number of nitrogens with one attached hydrogen (secondary N) is 1. The SMILES string of the molecule is CC1CNC(C)C(=O)N(Cc2ccccc2)C1. The predicted octanol–water partition coefficient (Wildman–Crippen LogP) is 1.64. The molecule has 0 spiro atoms. The molecule has 1 aromatic carbocycles. The maximum atomic E-state index is 12.2. The minimum Gasteiger partial charge on any atom is -0.337 e. The van der Waals surface area contributed by atoms with Gasteiger partial charge in [0, 0.05) is 19.6 Å². The lowest BCUT2D eigenvalue weighted by Gasteiger charge is -2.24. The summed E-state index contributed by atoms with van der Waals surface area (Å²) in [5, 5.41) is 3.27. The summed E-state index contributed by atoms with van der Waals surface area (Å²) in [5.41, 5.74) is 1.20. The number of rotatable bonds is 2. The molecule has 3 nitrogen and oxygen atoms in total. The monoisotopic (exact) mass is 232 g/mol. The van der Waals surface area contributed by atoms with Crippen molar-refractivity contribution in [3.63, 3.8) is 0 Å². The van der Waals surface area contributed by atoms with Crippen molar-refractivity contribution in [1.82, 2.24) is 10.2 Å². The van der Waals surface area contributed by atoms with E-state index in [1.54, 1.807) is 0 Å². The molecule has 0 aliphatic carbocycles. The van der Waals surface area contributed by atoms with Gasteiger partial charge in [-0.1, -0.05) is 37.3 Å². The van der Waals surface area contributed by atoms with Gasteiger partial charge < -0.3 is 10.2 Å². The molecule has 1 aliphatic heterocycles. The van der Waals surface area contributed by atoms with E-state index in [1.807, 2.05) is 30.0 Å². The summed E-state index contributed by atoms with van der Waals surface area (Å²) in [6.07, 6.45) is 0. The van der Waals surface area contributed by atoms with Crippen LogP contribution in [0.4, 0.5) is 0 Å². The molecule has 1 amide bonds. The Hall–Kier alpha value is -1.35. The highest BCUT2D eigenvalue weighted by molar-refractivity contribution is 5.81. The van der Waals surface area contributed by atoms with Crippen LogP contribution in [-0.4, -0.2) is 29.9 Å². The molecule has 3 heteroatoms. The van der Waals surface area contributed by atoms with E-state index in [2.05, 4.69) is 24.4 Å². The zero-order valence-corrected chi connectivity index (χ0v) is 10.5. The molecule has 2 atom stereocenters. The molecule has 1 aromatic rings. The lowest BCUT2D eigenvalue weighted by molar-refractivity contribution is -0.133. The van der Waals surface area contributed by atoms with Gasteiger partial charge in [0.2, 0.25) is 5.91 Å². The Labute approximate surface area is 103 Å². The van der Waals surface area contributed by atoms with E-state index in [4.69, 9.17) is 0 Å². The summed E-state index contributed by atoms with van der Waals surface area (Å²) in [6.45, 7) is 6.59. The molecular weight excluding hydrogens is 212 g/mol. The van der Waals surface area contributed by atoms with E-state index >= 15 is 0 Å². The van der Waals surface area contributed by atoms with Crippen molar-refractivity contribution >= 4 is 5.91 Å². The van der Waals surface area contributed by atoms with E-state index < -0.39 is 0 Å². The maximum Gasteiger partial charge on any atom is 0.239 e. The topological polar surface area (TPSA) is 32.3 Å². The Balaban J connectivity index is 2.09. The first kappa shape index (κ1) is 12.1. The van der Waals surface area contributed by atoms with Crippen LogP contribution in [0.25, 0.3) is 0 Å². The largest absolute Gasteiger partial charge is 0.337 e. The third kappa shape index (κ3) is 3.07. The molecular formula is C14H20N2O. The van der Waals surface area contributed by atoms with Crippen molar-refractivity contribution in [2.75, 3.05) is 13.1 Å². The van der Waals surface area contributed by atoms with Crippen LogP contribution in [0.1, 0.15) is 19.4 Å². The molecule has 92 valence electrons. The van der Waals surface area contributed by atoms with Crippen LogP contribution in [0.15, 0.2) is 30.3 Å². The molecule has 1 fully saturated rings. The number of carbonyl (C=O) groups is 1. The highest BCUT2D eigenvalue weighted by atomic mass is 16.2. The second-order valence-corrected chi connectivity index (χ2v) is 4.94. The van der Waals surface area contributed by atoms with E-state index in [-0.39, 0.29) is 11.9 Å². The van der Waals surface area contributed by atoms with Crippen molar-refractivity contribution in [3.05, 3.63) is 35.9 Å². The Bertz CT molecular complexity index is 377. The molecule has 1 saturated heterocycles. The second-order valence-electron chi connectivity index (χ2n) is 4.94. The molecule has 2 unspecified atom stereocenters. The summed E-state index contributed by atoms with van der Waals surface area (Å²) in [7, 11) is 0. The standard InChI is InChI=1S/C14H20N2O/c1-11-8-15-12(2)14(17)16(9-11)10-13-6-4-3-5-7-13/h3-7,11-12,15H,8-10H2,1-2H3. The predicted molar refractivity (Wildman–Crippen MR) is 68.5 cm³/mol. The van der Waals surface area contributed by atoms with Crippen molar-refractivity contribution < 1.29 is 4.79 Å². The van der Waals surface area contributed by atoms with Crippen LogP contribution in [0.2, 0.25) is 0 Å². The zero-order valence-electron chi connectivity index (χ0n) is 10.5. The molecule has 1 heterocycles. The van der Waals surface area contributed by atoms with Gasteiger partial charge in [0.15, 0.2) is 0 Å². The fourth-order valence-corrected chi connectivity index (χ4v) is 2.22. The smallest absolute Gasteiger partial charge is 0.239 e. The lowest BCUT2D eigenvalue weighted by atomic mass is 10.1. The van der Waals surface area contributed by atoms with Gasteiger partial charge >= 0.3 is 0 Å². The lowest BCUT2D eigenvalue weighted by Crippen LogP contribution is -2.41. The van der Waals surface area contributed by atoms with Crippen molar-refractivity contribution in [3.8, 4) is 0 Å². The third-order valence-corrected chi connectivity index (χ3v) is 3.20. The summed E-state index contributed by atoms with van der Waals surface area (Å²) < 4.78 is 0. The van der Waals surface area contributed by atoms with Gasteiger partial charge in [0.05, 0.1) is 6.04 Å². The van der Waals surface area contributed by atoms with Gasteiger partial charge in [-0.25, -0.2) is 0 Å². The highest BCUT2D eigenvalue weighted by Gasteiger charge is 2.25. The number of benzene rings is 1. The normalized spacial score (nSPS) is 25.8. The average molecular weight is 232 g/mol. The van der Waals surface area contributed by atoms with Gasteiger partial charge in [-0.2, -0.15) is 0 Å². The molecule has 0 aromatic heterocycles. The molecule has 1 N–H and O–H groups in total. The second kappa shape index (κ2) is 5.32. The number of nitrogens with zero attached hydrogens (tertiary/aromatic N) is 1. The van der Waals surface area contributed by atoms with Crippen LogP contribution < -0.4 is 5.32 Å². The van der Waals surface area contributed by atoms with Crippen molar-refractivity contribution in [2.24, 2.45) is 5.92 Å². The molecule has 0 radical (unpaired) electrons. The third-order valence-electron chi connectivity index (χ3n) is 3.20. The van der Waals surface area contributed by atoms with E-state index in [1.165, 1.54) is 5.56 Å². The van der Waals surface area contributed by atoms with E-state index in [0.29, 0.717) is 5.92 Å². The Kier molecular flexibility index (Phi) is 3.79. The van der Waals surface area contributed by atoms with Gasteiger partial charge in [-0.3, -0.25) is 4.79 Å². The molecule has 0 bridgehead atoms. The Morgan fingerprint density at radius 1 is 1.29 bits per heavy atom. The molecule has 2 rings (SSSR count). The average Bonchev–Trinajstić information content (AvgIpc) is 2.45. The number of hydrogen-bond acceptors (Lipinski definition) is 2. The summed E-state index contributed by atoms with van der Waals surface area (Å²) in [5.74, 6) is 0.714. The van der Waals surface area contributed by atoms with Crippen LogP contribution in [0, 0.1) is 5.92 Å². The first-order chi connectivity index (χ1) is 8.16. The Morgan fingerprint density at radius 3 is 2.71 bits per heavy atom. The summed E-state index contributed by atoms with van der Waals surface area (Å²) in [6, 6.07) is 10.1. The number of hydrogen-bond donors (Lipinski definition) is 1. The quantitative estimate of drug-likeness (QED) is 0.840. The minimum atomic E-state index is -0.0661. The van der Waals surface area contributed by atoms with Crippen LogP contribution in [0.3, 0.4) is 0 Å². The fraction of sp³-hybridized carbons (Fsp3) is 0.500. The van der Waals surface area contributed by atoms with E-state index in [0.717, 1.165) is 19.6 Å². The first-order valence-electron chi connectivity index (χ1n) is 6.23. The Morgan fingerprint density at radius 2 is 2.00 bits per heavy atom. The first-order valence-corrected chi connectivity index (χ1v) is 6.23. The molecule has 1 aliphatic rings. The van der Waals surface area contributed by atoms with Gasteiger partial charge in [0.25, 0.3) is 0 Å². The minimum absolute atomic E-state index is 0.0661. The zero-order chi connectivity index (χ0) is 12.3. The van der Waals surface area contributed by atoms with Crippen molar-refractivity contribution in [2.45, 2.75) is 26.4 Å². The molecule has 17 heavy (non-hydrogen) atoms. The van der Waals surface area contributed by atoms with Crippen LogP contribution in [0.5, 0.6) is 0 Å². The van der Waals surface area contributed by atoms with Crippen molar-refractivity contribution in [1.29, 1.82) is 0 Å². The maximum absolute atomic E-state index is 12.2. The molecule has 0 saturated carbocycles. The van der Waals surface area contributed by atoms with Crippen LogP contribution in [-0.2, 0) is 11.3 Å². The van der Waals surface area contributed by atoms with Gasteiger partial charge in [-0.15, -0.1) is 0 Å². The highest BCUT2D eigenvalue weighted by Crippen LogP contribution is 2.12.